The summed E-state index contributed by atoms with van der Waals surface area (Å²) in [7, 11) is -3.55. The van der Waals surface area contributed by atoms with Crippen molar-refractivity contribution in [3.63, 3.8) is 0 Å². The van der Waals surface area contributed by atoms with Gasteiger partial charge in [0.15, 0.2) is 0 Å². The summed E-state index contributed by atoms with van der Waals surface area (Å²) in [4.78, 5) is 3.99. The molecule has 1 heterocycles. The highest BCUT2D eigenvalue weighted by Gasteiger charge is 2.34. The van der Waals surface area contributed by atoms with Gasteiger partial charge in [-0.25, -0.2) is 13.4 Å². The van der Waals surface area contributed by atoms with Crippen molar-refractivity contribution in [2.45, 2.75) is 36.6 Å². The van der Waals surface area contributed by atoms with E-state index in [1.165, 1.54) is 22.6 Å². The van der Waals surface area contributed by atoms with Crippen molar-refractivity contribution in [1.82, 2.24) is 9.29 Å². The zero-order valence-electron chi connectivity index (χ0n) is 10.7. The second-order valence-electron chi connectivity index (χ2n) is 4.70. The van der Waals surface area contributed by atoms with Crippen LogP contribution in [0.3, 0.4) is 0 Å². The number of aliphatic hydroxyl groups is 1. The van der Waals surface area contributed by atoms with Gasteiger partial charge in [-0.05, 0) is 31.4 Å². The van der Waals surface area contributed by atoms with Crippen molar-refractivity contribution in [3.8, 4) is 0 Å². The van der Waals surface area contributed by atoms with Crippen molar-refractivity contribution in [2.24, 2.45) is 0 Å². The van der Waals surface area contributed by atoms with Gasteiger partial charge in [0.2, 0.25) is 10.0 Å². The number of hydrogen-bond acceptors (Lipinski definition) is 5. The number of sulfonamides is 1. The van der Waals surface area contributed by atoms with Crippen molar-refractivity contribution < 1.29 is 13.5 Å². The Labute approximate surface area is 113 Å². The number of hydrogen-bond donors (Lipinski definition) is 2. The summed E-state index contributed by atoms with van der Waals surface area (Å²) in [6, 6.07) is 3.01. The summed E-state index contributed by atoms with van der Waals surface area (Å²) < 4.78 is 26.6. The Bertz CT molecular complexity index is 512. The molecule has 0 aromatic carbocycles. The van der Waals surface area contributed by atoms with Gasteiger partial charge in [-0.15, -0.1) is 0 Å². The van der Waals surface area contributed by atoms with Crippen LogP contribution in [-0.4, -0.2) is 42.0 Å². The van der Waals surface area contributed by atoms with Crippen molar-refractivity contribution in [3.05, 3.63) is 18.3 Å². The van der Waals surface area contributed by atoms with Crippen LogP contribution in [0.5, 0.6) is 0 Å². The highest BCUT2D eigenvalue weighted by molar-refractivity contribution is 7.89. The fourth-order valence-electron chi connectivity index (χ4n) is 2.08. The van der Waals surface area contributed by atoms with Gasteiger partial charge >= 0.3 is 0 Å². The first-order chi connectivity index (χ1) is 9.05. The maximum Gasteiger partial charge on any atom is 0.244 e. The second-order valence-corrected chi connectivity index (χ2v) is 6.59. The Balaban J connectivity index is 2.24. The molecule has 0 amide bonds. The smallest absolute Gasteiger partial charge is 0.244 e. The quantitative estimate of drug-likeness (QED) is 0.797. The largest absolute Gasteiger partial charge is 0.396 e. The zero-order valence-corrected chi connectivity index (χ0v) is 11.5. The summed E-state index contributed by atoms with van der Waals surface area (Å²) >= 11 is 0. The number of nitrogens with two attached hydrogens (primary N) is 1. The van der Waals surface area contributed by atoms with Gasteiger partial charge in [0.25, 0.3) is 0 Å². The predicted molar refractivity (Wildman–Crippen MR) is 71.9 cm³/mol. The van der Waals surface area contributed by atoms with E-state index >= 15 is 0 Å². The first-order valence-corrected chi connectivity index (χ1v) is 7.84. The van der Waals surface area contributed by atoms with E-state index in [-0.39, 0.29) is 17.5 Å². The van der Waals surface area contributed by atoms with E-state index in [2.05, 4.69) is 4.98 Å². The van der Waals surface area contributed by atoms with Crippen molar-refractivity contribution in [1.29, 1.82) is 0 Å². The molecule has 0 bridgehead atoms. The molecule has 1 fully saturated rings. The monoisotopic (exact) mass is 285 g/mol. The molecular formula is C12H19N3O3S. The fraction of sp³-hybridized carbons (Fsp3) is 0.583. The number of nitrogens with zero attached hydrogens (tertiary/aromatic N) is 2. The maximum absolute atomic E-state index is 12.5. The van der Waals surface area contributed by atoms with Crippen LogP contribution in [-0.2, 0) is 10.0 Å². The lowest BCUT2D eigenvalue weighted by Crippen LogP contribution is -2.44. The molecule has 0 aliphatic heterocycles. The van der Waals surface area contributed by atoms with E-state index in [0.29, 0.717) is 18.8 Å². The Morgan fingerprint density at radius 2 is 2.16 bits per heavy atom. The molecule has 1 aliphatic rings. The fourth-order valence-corrected chi connectivity index (χ4v) is 3.75. The van der Waals surface area contributed by atoms with Crippen LogP contribution in [0.2, 0.25) is 0 Å². The molecule has 7 heteroatoms. The van der Waals surface area contributed by atoms with Gasteiger partial charge < -0.3 is 10.8 Å². The molecule has 0 atom stereocenters. The molecule has 1 aromatic heterocycles. The molecule has 1 aliphatic carbocycles. The first-order valence-electron chi connectivity index (χ1n) is 6.40. The van der Waals surface area contributed by atoms with Crippen LogP contribution < -0.4 is 5.73 Å². The van der Waals surface area contributed by atoms with Gasteiger partial charge in [-0.1, -0.05) is 6.42 Å². The minimum absolute atomic E-state index is 0.0152. The molecule has 0 unspecified atom stereocenters. The number of aliphatic hydroxyl groups excluding tert-OH is 1. The predicted octanol–water partition coefficient (Wildman–Crippen LogP) is 0.589. The molecule has 0 spiro atoms. The van der Waals surface area contributed by atoms with E-state index in [0.717, 1.165) is 19.3 Å². The third-order valence-electron chi connectivity index (χ3n) is 3.38. The van der Waals surface area contributed by atoms with Crippen LogP contribution in [0.4, 0.5) is 5.82 Å². The second kappa shape index (κ2) is 5.85. The summed E-state index contributed by atoms with van der Waals surface area (Å²) in [5.74, 6) is 0.296. The maximum atomic E-state index is 12.5. The van der Waals surface area contributed by atoms with E-state index in [1.807, 2.05) is 0 Å². The van der Waals surface area contributed by atoms with E-state index in [9.17, 15) is 8.42 Å². The van der Waals surface area contributed by atoms with Gasteiger partial charge in [-0.2, -0.15) is 4.31 Å². The molecule has 1 aromatic rings. The Kier molecular flexibility index (Phi) is 4.38. The molecule has 2 rings (SSSR count). The topological polar surface area (TPSA) is 96.5 Å². The molecule has 106 valence electrons. The van der Waals surface area contributed by atoms with Gasteiger partial charge in [0.05, 0.1) is 0 Å². The normalized spacial score (nSPS) is 16.5. The minimum Gasteiger partial charge on any atom is -0.396 e. The highest BCUT2D eigenvalue weighted by atomic mass is 32.2. The van der Waals surface area contributed by atoms with Crippen molar-refractivity contribution in [2.75, 3.05) is 18.9 Å². The first kappa shape index (κ1) is 14.2. The molecule has 0 saturated heterocycles. The lowest BCUT2D eigenvalue weighted by Gasteiger charge is -2.36. The molecule has 1 saturated carbocycles. The van der Waals surface area contributed by atoms with Crippen LogP contribution >= 0.6 is 0 Å². The number of nitrogen functional groups attached to an aromatic ring is 1. The molecule has 19 heavy (non-hydrogen) atoms. The third kappa shape index (κ3) is 3.05. The van der Waals surface area contributed by atoms with Crippen LogP contribution in [0.15, 0.2) is 23.2 Å². The SMILES string of the molecule is Nc1ccc(S(=O)(=O)N(CCCO)C2CCC2)cn1. The standard InChI is InChI=1S/C12H19N3O3S/c13-12-6-5-11(9-14-12)19(17,18)15(7-2-8-16)10-3-1-4-10/h5-6,9-10,16H,1-4,7-8H2,(H2,13,14). The van der Waals surface area contributed by atoms with Crippen LogP contribution in [0, 0.1) is 0 Å². The average molecular weight is 285 g/mol. The number of pyridine rings is 1. The summed E-state index contributed by atoms with van der Waals surface area (Å²) in [5, 5.41) is 8.91. The van der Waals surface area contributed by atoms with E-state index in [4.69, 9.17) is 10.8 Å². The number of rotatable bonds is 6. The molecular weight excluding hydrogens is 266 g/mol. The van der Waals surface area contributed by atoms with Gasteiger partial charge in [0, 0.05) is 25.4 Å². The van der Waals surface area contributed by atoms with Crippen molar-refractivity contribution >= 4 is 15.8 Å². The average Bonchev–Trinajstić information content (AvgIpc) is 2.32. The summed E-state index contributed by atoms with van der Waals surface area (Å²) in [5.41, 5.74) is 5.47. The molecule has 6 nitrogen and oxygen atoms in total. The van der Waals surface area contributed by atoms with E-state index < -0.39 is 10.0 Å². The van der Waals surface area contributed by atoms with Gasteiger partial charge in [-0.3, -0.25) is 0 Å². The Morgan fingerprint density at radius 3 is 2.63 bits per heavy atom. The Hall–Kier alpha value is -1.18. The highest BCUT2D eigenvalue weighted by Crippen LogP contribution is 2.30. The number of aromatic nitrogens is 1. The van der Waals surface area contributed by atoms with E-state index in [1.54, 1.807) is 0 Å². The summed E-state index contributed by atoms with van der Waals surface area (Å²) in [6.07, 6.45) is 4.54. The molecule has 0 radical (unpaired) electrons. The lowest BCUT2D eigenvalue weighted by molar-refractivity contribution is 0.198. The summed E-state index contributed by atoms with van der Waals surface area (Å²) in [6.45, 7) is 0.326. The zero-order chi connectivity index (χ0) is 13.9. The third-order valence-corrected chi connectivity index (χ3v) is 5.32. The van der Waals surface area contributed by atoms with Crippen LogP contribution in [0.1, 0.15) is 25.7 Å². The minimum atomic E-state index is -3.55. The van der Waals surface area contributed by atoms with Gasteiger partial charge in [0.1, 0.15) is 10.7 Å². The lowest BCUT2D eigenvalue weighted by atomic mass is 9.93. The Morgan fingerprint density at radius 1 is 1.42 bits per heavy atom. The number of anilines is 1. The molecule has 3 N–H and O–H groups in total. The van der Waals surface area contributed by atoms with Crippen LogP contribution in [0.25, 0.3) is 0 Å².